The highest BCUT2D eigenvalue weighted by Crippen LogP contribution is 2.37. The lowest BCUT2D eigenvalue weighted by Gasteiger charge is -2.32. The zero-order valence-electron chi connectivity index (χ0n) is 10.6. The van der Waals surface area contributed by atoms with Crippen LogP contribution in [0.15, 0.2) is 24.3 Å². The molecule has 0 saturated carbocycles. The summed E-state index contributed by atoms with van der Waals surface area (Å²) in [5.74, 6) is 2.50. The fraction of sp³-hybridized carbons (Fsp3) is 0.571. The molecule has 2 N–H and O–H groups in total. The highest BCUT2D eigenvalue weighted by atomic mass is 32.2. The molecule has 0 aliphatic carbocycles. The van der Waals surface area contributed by atoms with E-state index in [0.717, 1.165) is 6.42 Å². The third kappa shape index (κ3) is 3.21. The number of hydrogen-bond acceptors (Lipinski definition) is 3. The Balaban J connectivity index is 2.09. The number of nitrogens with two attached hydrogens (primary N) is 1. The van der Waals surface area contributed by atoms with Crippen molar-refractivity contribution in [3.8, 4) is 0 Å². The van der Waals surface area contributed by atoms with E-state index in [1.54, 1.807) is 0 Å². The number of benzene rings is 1. The highest BCUT2D eigenvalue weighted by Gasteiger charge is 2.28. The van der Waals surface area contributed by atoms with Gasteiger partial charge in [0.05, 0.1) is 0 Å². The Bertz CT molecular complexity index is 350. The number of thioether (sulfide) groups is 2. The van der Waals surface area contributed by atoms with E-state index in [9.17, 15) is 0 Å². The van der Waals surface area contributed by atoms with Crippen molar-refractivity contribution in [1.82, 2.24) is 0 Å². The van der Waals surface area contributed by atoms with Crippen LogP contribution in [0.5, 0.6) is 0 Å². The highest BCUT2D eigenvalue weighted by molar-refractivity contribution is 8.07. The first-order chi connectivity index (χ1) is 8.22. The van der Waals surface area contributed by atoms with Gasteiger partial charge in [0.15, 0.2) is 0 Å². The maximum atomic E-state index is 6.42. The van der Waals surface area contributed by atoms with Gasteiger partial charge in [-0.15, -0.1) is 0 Å². The first kappa shape index (κ1) is 13.3. The van der Waals surface area contributed by atoms with E-state index in [1.165, 1.54) is 22.6 Å². The quantitative estimate of drug-likeness (QED) is 0.908. The maximum absolute atomic E-state index is 6.42. The van der Waals surface area contributed by atoms with E-state index in [0.29, 0.717) is 10.5 Å². The lowest BCUT2D eigenvalue weighted by Crippen LogP contribution is -2.34. The third-order valence-electron chi connectivity index (χ3n) is 3.36. The summed E-state index contributed by atoms with van der Waals surface area (Å²) < 4.78 is 0. The van der Waals surface area contributed by atoms with Crippen molar-refractivity contribution in [2.24, 2.45) is 5.73 Å². The van der Waals surface area contributed by atoms with Gasteiger partial charge in [0.1, 0.15) is 0 Å². The van der Waals surface area contributed by atoms with E-state index >= 15 is 0 Å². The fourth-order valence-corrected chi connectivity index (χ4v) is 5.09. The Labute approximate surface area is 113 Å². The molecule has 1 heterocycles. The second-order valence-electron chi connectivity index (χ2n) is 4.53. The molecule has 1 nitrogen and oxygen atoms in total. The minimum Gasteiger partial charge on any atom is -0.323 e. The Hall–Kier alpha value is -0.120. The van der Waals surface area contributed by atoms with Crippen molar-refractivity contribution in [3.63, 3.8) is 0 Å². The second kappa shape index (κ2) is 6.17. The van der Waals surface area contributed by atoms with Gasteiger partial charge in [-0.3, -0.25) is 0 Å². The van der Waals surface area contributed by atoms with Crippen LogP contribution in [0.25, 0.3) is 0 Å². The van der Waals surface area contributed by atoms with Crippen LogP contribution in [0.1, 0.15) is 31.0 Å². The van der Waals surface area contributed by atoms with Crippen LogP contribution in [0, 0.1) is 0 Å². The molecule has 1 aromatic carbocycles. The molecule has 1 fully saturated rings. The molecule has 94 valence electrons. The molecular weight excluding hydrogens is 246 g/mol. The SMILES string of the molecule is CCc1ccc(C(N)C2SCCSC2C)cc1. The van der Waals surface area contributed by atoms with Crippen molar-refractivity contribution in [1.29, 1.82) is 0 Å². The number of rotatable bonds is 3. The van der Waals surface area contributed by atoms with Gasteiger partial charge >= 0.3 is 0 Å². The fourth-order valence-electron chi connectivity index (χ4n) is 2.21. The summed E-state index contributed by atoms with van der Waals surface area (Å²) in [5, 5.41) is 1.22. The standard InChI is InChI=1S/C14H21NS2/c1-3-11-4-6-12(7-5-11)13(15)14-10(2)16-8-9-17-14/h4-7,10,13-14H,3,8-9,15H2,1-2H3. The zero-order valence-corrected chi connectivity index (χ0v) is 12.2. The average molecular weight is 267 g/mol. The molecule has 17 heavy (non-hydrogen) atoms. The van der Waals surface area contributed by atoms with Crippen molar-refractivity contribution in [3.05, 3.63) is 35.4 Å². The zero-order chi connectivity index (χ0) is 12.3. The Morgan fingerprint density at radius 3 is 2.47 bits per heavy atom. The summed E-state index contributed by atoms with van der Waals surface area (Å²) in [6.07, 6.45) is 1.10. The topological polar surface area (TPSA) is 26.0 Å². The number of hydrogen-bond donors (Lipinski definition) is 1. The van der Waals surface area contributed by atoms with Crippen LogP contribution < -0.4 is 5.73 Å². The van der Waals surface area contributed by atoms with E-state index in [1.807, 2.05) is 11.8 Å². The summed E-state index contributed by atoms with van der Waals surface area (Å²) in [5.41, 5.74) is 9.09. The van der Waals surface area contributed by atoms with Crippen molar-refractivity contribution in [2.45, 2.75) is 36.8 Å². The van der Waals surface area contributed by atoms with Gasteiger partial charge in [-0.25, -0.2) is 0 Å². The molecule has 0 spiro atoms. The molecule has 3 heteroatoms. The summed E-state index contributed by atoms with van der Waals surface area (Å²) in [6, 6.07) is 9.00. The number of aryl methyl sites for hydroxylation is 1. The minimum atomic E-state index is 0.175. The van der Waals surface area contributed by atoms with Gasteiger partial charge in [0, 0.05) is 28.0 Å². The predicted molar refractivity (Wildman–Crippen MR) is 80.9 cm³/mol. The lowest BCUT2D eigenvalue weighted by atomic mass is 10.0. The normalized spacial score (nSPS) is 26.8. The summed E-state index contributed by atoms with van der Waals surface area (Å²) in [7, 11) is 0. The Morgan fingerprint density at radius 2 is 1.88 bits per heavy atom. The summed E-state index contributed by atoms with van der Waals surface area (Å²) >= 11 is 4.09. The van der Waals surface area contributed by atoms with Crippen molar-refractivity contribution < 1.29 is 0 Å². The first-order valence-corrected chi connectivity index (χ1v) is 8.39. The van der Waals surface area contributed by atoms with Gasteiger partial charge in [-0.05, 0) is 17.5 Å². The monoisotopic (exact) mass is 267 g/mol. The average Bonchev–Trinajstić information content (AvgIpc) is 2.39. The molecule has 1 saturated heterocycles. The van der Waals surface area contributed by atoms with E-state index < -0.39 is 0 Å². The molecule has 1 aliphatic heterocycles. The van der Waals surface area contributed by atoms with Crippen LogP contribution in [-0.2, 0) is 6.42 Å². The predicted octanol–water partition coefficient (Wildman–Crippen LogP) is 3.49. The van der Waals surface area contributed by atoms with Gasteiger partial charge in [-0.1, -0.05) is 38.1 Å². The molecule has 0 aromatic heterocycles. The van der Waals surface area contributed by atoms with Crippen LogP contribution in [0.3, 0.4) is 0 Å². The van der Waals surface area contributed by atoms with E-state index in [2.05, 4.69) is 49.9 Å². The molecule has 1 aliphatic rings. The molecule has 0 radical (unpaired) electrons. The Morgan fingerprint density at radius 1 is 1.24 bits per heavy atom. The Kier molecular flexibility index (Phi) is 4.83. The van der Waals surface area contributed by atoms with Crippen LogP contribution in [0.2, 0.25) is 0 Å². The molecule has 3 atom stereocenters. The smallest absolute Gasteiger partial charge is 0.0426 e. The second-order valence-corrected chi connectivity index (χ2v) is 7.30. The van der Waals surface area contributed by atoms with Crippen LogP contribution >= 0.6 is 23.5 Å². The molecule has 3 unspecified atom stereocenters. The molecule has 2 rings (SSSR count). The lowest BCUT2D eigenvalue weighted by molar-refractivity contribution is 0.663. The van der Waals surface area contributed by atoms with E-state index in [4.69, 9.17) is 5.73 Å². The van der Waals surface area contributed by atoms with Crippen molar-refractivity contribution in [2.75, 3.05) is 11.5 Å². The van der Waals surface area contributed by atoms with Gasteiger partial charge in [0.2, 0.25) is 0 Å². The largest absolute Gasteiger partial charge is 0.323 e. The maximum Gasteiger partial charge on any atom is 0.0426 e. The van der Waals surface area contributed by atoms with Gasteiger partial charge < -0.3 is 5.73 Å². The molecular formula is C14H21NS2. The van der Waals surface area contributed by atoms with Crippen molar-refractivity contribution >= 4 is 23.5 Å². The minimum absolute atomic E-state index is 0.175. The van der Waals surface area contributed by atoms with Crippen LogP contribution in [-0.4, -0.2) is 22.0 Å². The summed E-state index contributed by atoms with van der Waals surface area (Å²) in [4.78, 5) is 0. The third-order valence-corrected chi connectivity index (χ3v) is 6.58. The van der Waals surface area contributed by atoms with E-state index in [-0.39, 0.29) is 6.04 Å². The molecule has 1 aromatic rings. The molecule has 0 bridgehead atoms. The van der Waals surface area contributed by atoms with Crippen LogP contribution in [0.4, 0.5) is 0 Å². The molecule has 0 amide bonds. The first-order valence-electron chi connectivity index (χ1n) is 6.30. The van der Waals surface area contributed by atoms with Gasteiger partial charge in [-0.2, -0.15) is 23.5 Å². The van der Waals surface area contributed by atoms with Gasteiger partial charge in [0.25, 0.3) is 0 Å². The summed E-state index contributed by atoms with van der Waals surface area (Å²) in [6.45, 7) is 4.49.